The molecule has 4 unspecified atom stereocenters. The minimum Gasteiger partial charge on any atom is -0.247 e. The van der Waals surface area contributed by atoms with E-state index in [1.165, 1.54) is 0 Å². The molecule has 142 valence electrons. The summed E-state index contributed by atoms with van der Waals surface area (Å²) < 4.78 is 129. The predicted octanol–water partition coefficient (Wildman–Crippen LogP) is 2.08. The van der Waals surface area contributed by atoms with Crippen molar-refractivity contribution in [1.82, 2.24) is 0 Å². The summed E-state index contributed by atoms with van der Waals surface area (Å²) in [6, 6.07) is 0. The lowest BCUT2D eigenvalue weighted by atomic mass is 9.91. The molecular weight excluding hydrogens is 386 g/mol. The van der Waals surface area contributed by atoms with Crippen molar-refractivity contribution in [2.24, 2.45) is 0 Å². The second-order valence-corrected chi connectivity index (χ2v) is 12.0. The molecule has 2 aliphatic rings. The van der Waals surface area contributed by atoms with Gasteiger partial charge in [0.25, 0.3) is 17.7 Å². The highest BCUT2D eigenvalue weighted by Gasteiger charge is 2.62. The molecule has 24 heavy (non-hydrogen) atoms. The van der Waals surface area contributed by atoms with E-state index in [1.54, 1.807) is 0 Å². The van der Waals surface area contributed by atoms with Gasteiger partial charge in [0.15, 0.2) is 30.9 Å². The van der Waals surface area contributed by atoms with Crippen LogP contribution in [-0.2, 0) is 17.7 Å². The summed E-state index contributed by atoms with van der Waals surface area (Å²) >= 11 is 0. The summed E-state index contributed by atoms with van der Waals surface area (Å²) in [6.45, 7) is 0. The summed E-state index contributed by atoms with van der Waals surface area (Å²) in [4.78, 5) is 0. The maximum Gasteiger partial charge on any atom is 0.262 e. The van der Waals surface area contributed by atoms with Gasteiger partial charge in [0.05, 0.1) is 5.25 Å². The quantitative estimate of drug-likeness (QED) is 0.536. The van der Waals surface area contributed by atoms with Crippen LogP contribution in [0.3, 0.4) is 0 Å². The third-order valence-electron chi connectivity index (χ3n) is 4.51. The number of rotatable bonds is 3. The molecule has 0 spiro atoms. The van der Waals surface area contributed by atoms with E-state index >= 15 is 0 Å². The lowest BCUT2D eigenvalue weighted by molar-refractivity contribution is -0.0472. The van der Waals surface area contributed by atoms with Crippen LogP contribution in [-0.4, -0.2) is 64.4 Å². The molecule has 2 rings (SSSR count). The molecule has 0 bridgehead atoms. The molecule has 0 aromatic heterocycles. The first-order valence-electron chi connectivity index (χ1n) is 7.25. The Morgan fingerprint density at radius 3 is 1.33 bits per heavy atom. The normalized spacial score (nSPS) is 45.1. The lowest BCUT2D eigenvalue weighted by Crippen LogP contribution is -2.60. The Labute approximate surface area is 134 Å². The van der Waals surface area contributed by atoms with Crippen LogP contribution in [0.2, 0.25) is 0 Å². The third kappa shape index (κ3) is 3.04. The largest absolute Gasteiger partial charge is 0.262 e. The maximum atomic E-state index is 13.8. The zero-order chi connectivity index (χ0) is 18.4. The Morgan fingerprint density at radius 2 is 0.917 bits per heavy atom. The fourth-order valence-corrected chi connectivity index (χ4v) is 8.80. The van der Waals surface area contributed by atoms with E-state index in [9.17, 15) is 43.2 Å². The molecule has 2 fully saturated rings. The Hall–Kier alpha value is -0.520. The number of hydrogen-bond donors (Lipinski definition) is 0. The molecular formula is C12H16F6O4S2. The third-order valence-corrected chi connectivity index (χ3v) is 11.1. The monoisotopic (exact) mass is 402 g/mol. The average Bonchev–Trinajstić information content (AvgIpc) is 2.51. The maximum absolute atomic E-state index is 13.8. The highest BCUT2D eigenvalue weighted by molar-refractivity contribution is 8.67. The Kier molecular flexibility index (Phi) is 5.49. The highest BCUT2D eigenvalue weighted by Crippen LogP contribution is 2.39. The minimum atomic E-state index is -5.71. The average molecular weight is 402 g/mol. The highest BCUT2D eigenvalue weighted by atomic mass is 33.2. The molecule has 2 saturated carbocycles. The SMILES string of the molecule is O=S(=O)(C1CCC(F)CC1)S(=O)(=O)C1C(F)C(F)C(F)C(F)C1F. The van der Waals surface area contributed by atoms with Gasteiger partial charge in [-0.05, 0) is 25.7 Å². The van der Waals surface area contributed by atoms with E-state index in [1.807, 2.05) is 0 Å². The van der Waals surface area contributed by atoms with E-state index in [0.29, 0.717) is 0 Å². The smallest absolute Gasteiger partial charge is 0.247 e. The first-order valence-corrected chi connectivity index (χ1v) is 10.9. The van der Waals surface area contributed by atoms with E-state index in [4.69, 9.17) is 0 Å². The van der Waals surface area contributed by atoms with Gasteiger partial charge in [0.1, 0.15) is 11.4 Å². The molecule has 0 aromatic rings. The fourth-order valence-electron chi connectivity index (χ4n) is 3.04. The van der Waals surface area contributed by atoms with E-state index in [0.717, 1.165) is 0 Å². The van der Waals surface area contributed by atoms with Gasteiger partial charge >= 0.3 is 0 Å². The van der Waals surface area contributed by atoms with Gasteiger partial charge in [0, 0.05) is 0 Å². The summed E-state index contributed by atoms with van der Waals surface area (Å²) in [5.74, 6) is 0. The molecule has 4 atom stereocenters. The van der Waals surface area contributed by atoms with Crippen molar-refractivity contribution >= 4 is 17.7 Å². The molecule has 0 heterocycles. The van der Waals surface area contributed by atoms with Crippen LogP contribution in [0.1, 0.15) is 25.7 Å². The molecule has 12 heteroatoms. The molecule has 0 N–H and O–H groups in total. The Morgan fingerprint density at radius 1 is 0.542 bits per heavy atom. The predicted molar refractivity (Wildman–Crippen MR) is 73.3 cm³/mol. The van der Waals surface area contributed by atoms with E-state index in [2.05, 4.69) is 0 Å². The Bertz CT molecular complexity index is 645. The summed E-state index contributed by atoms with van der Waals surface area (Å²) in [7, 11) is -11.0. The first kappa shape index (κ1) is 19.8. The van der Waals surface area contributed by atoms with Gasteiger partial charge in [0.2, 0.25) is 0 Å². The zero-order valence-corrected chi connectivity index (χ0v) is 13.8. The van der Waals surface area contributed by atoms with Crippen molar-refractivity contribution in [3.05, 3.63) is 0 Å². The summed E-state index contributed by atoms with van der Waals surface area (Å²) in [5.41, 5.74) is 0. The second kappa shape index (κ2) is 6.65. The van der Waals surface area contributed by atoms with Gasteiger partial charge in [-0.15, -0.1) is 0 Å². The van der Waals surface area contributed by atoms with Crippen molar-refractivity contribution in [3.63, 3.8) is 0 Å². The molecule has 0 radical (unpaired) electrons. The van der Waals surface area contributed by atoms with Crippen LogP contribution >= 0.6 is 0 Å². The molecule has 0 amide bonds. The molecule has 0 aromatic carbocycles. The topological polar surface area (TPSA) is 68.3 Å². The van der Waals surface area contributed by atoms with Crippen molar-refractivity contribution in [3.8, 4) is 0 Å². The van der Waals surface area contributed by atoms with Gasteiger partial charge in [-0.2, -0.15) is 0 Å². The summed E-state index contributed by atoms with van der Waals surface area (Å²) in [6.07, 6.45) is -19.2. The first-order chi connectivity index (χ1) is 10.9. The number of alkyl halides is 6. The van der Waals surface area contributed by atoms with Crippen LogP contribution in [0.15, 0.2) is 0 Å². The van der Waals surface area contributed by atoms with Crippen molar-refractivity contribution in [2.45, 2.75) is 73.2 Å². The van der Waals surface area contributed by atoms with Crippen LogP contribution < -0.4 is 0 Å². The van der Waals surface area contributed by atoms with Gasteiger partial charge in [-0.25, -0.2) is 43.2 Å². The van der Waals surface area contributed by atoms with E-state index < -0.39 is 78.1 Å². The van der Waals surface area contributed by atoms with Crippen molar-refractivity contribution in [1.29, 1.82) is 0 Å². The molecule has 0 aliphatic heterocycles. The van der Waals surface area contributed by atoms with Crippen LogP contribution in [0.4, 0.5) is 26.3 Å². The molecule has 4 nitrogen and oxygen atoms in total. The lowest BCUT2D eigenvalue weighted by Gasteiger charge is -2.36. The zero-order valence-electron chi connectivity index (χ0n) is 12.2. The summed E-state index contributed by atoms with van der Waals surface area (Å²) in [5, 5.41) is -4.81. The van der Waals surface area contributed by atoms with Gasteiger partial charge in [-0.1, -0.05) is 0 Å². The van der Waals surface area contributed by atoms with E-state index in [-0.39, 0.29) is 12.8 Å². The number of halogens is 6. The Balaban J connectivity index is 2.37. The van der Waals surface area contributed by atoms with Gasteiger partial charge < -0.3 is 0 Å². The standard InChI is InChI=1S/C12H16F6O4S2/c13-5-1-3-6(4-2-5)23(19,20)24(21,22)12-10(17)8(15)7(14)9(16)11(12)18/h5-12H,1-4H2. The molecule has 2 aliphatic carbocycles. The second-order valence-electron chi connectivity index (χ2n) is 6.05. The van der Waals surface area contributed by atoms with Crippen LogP contribution in [0, 0.1) is 0 Å². The number of hydrogen-bond acceptors (Lipinski definition) is 4. The van der Waals surface area contributed by atoms with Crippen molar-refractivity contribution in [2.75, 3.05) is 0 Å². The van der Waals surface area contributed by atoms with Gasteiger partial charge in [-0.3, -0.25) is 0 Å². The van der Waals surface area contributed by atoms with Crippen LogP contribution in [0.25, 0.3) is 0 Å². The van der Waals surface area contributed by atoms with Crippen molar-refractivity contribution < 1.29 is 43.2 Å². The van der Waals surface area contributed by atoms with Crippen LogP contribution in [0.5, 0.6) is 0 Å². The fraction of sp³-hybridized carbons (Fsp3) is 1.00. The minimum absolute atomic E-state index is 0.258. The molecule has 0 saturated heterocycles.